The lowest BCUT2D eigenvalue weighted by molar-refractivity contribution is -0.385. The molecule has 0 aliphatic carbocycles. The summed E-state index contributed by atoms with van der Waals surface area (Å²) in [6.07, 6.45) is 1.16. The molecule has 8 nitrogen and oxygen atoms in total. The van der Waals surface area contributed by atoms with Gasteiger partial charge < -0.3 is 4.74 Å². The normalized spacial score (nSPS) is 11.4. The van der Waals surface area contributed by atoms with Crippen LogP contribution >= 0.6 is 11.6 Å². The second-order valence-corrected chi connectivity index (χ2v) is 6.82. The average molecular weight is 384 g/mol. The van der Waals surface area contributed by atoms with E-state index in [1.54, 1.807) is 6.92 Å². The Morgan fingerprint density at radius 1 is 1.28 bits per heavy atom. The van der Waals surface area contributed by atoms with Gasteiger partial charge in [0.2, 0.25) is 0 Å². The van der Waals surface area contributed by atoms with Crippen LogP contribution in [0.5, 0.6) is 5.75 Å². The minimum atomic E-state index is -3.86. The van der Waals surface area contributed by atoms with E-state index in [4.69, 9.17) is 16.3 Å². The van der Waals surface area contributed by atoms with Crippen molar-refractivity contribution in [3.63, 3.8) is 0 Å². The number of nitro benzene ring substituents is 1. The Balaban J connectivity index is 2.17. The number of ether oxygens (including phenoxy) is 1. The number of hydrogen-bond acceptors (Lipinski definition) is 6. The van der Waals surface area contributed by atoms with Gasteiger partial charge in [0, 0.05) is 16.7 Å². The van der Waals surface area contributed by atoms with Crippen LogP contribution in [0.4, 0.5) is 5.69 Å². The maximum Gasteiger partial charge on any atom is 0.311 e. The summed E-state index contributed by atoms with van der Waals surface area (Å²) < 4.78 is 29.3. The van der Waals surface area contributed by atoms with E-state index in [-0.39, 0.29) is 22.9 Å². The number of nitrogens with one attached hydrogen (secondary N) is 1. The summed E-state index contributed by atoms with van der Waals surface area (Å²) in [5, 5.41) is 15.1. The van der Waals surface area contributed by atoms with Crippen LogP contribution in [0.15, 0.2) is 52.5 Å². The Kier molecular flexibility index (Phi) is 5.94. The Bertz CT molecular complexity index is 898. The Labute approximate surface area is 149 Å². The molecule has 132 valence electrons. The monoisotopic (exact) mass is 383 g/mol. The quantitative estimate of drug-likeness (QED) is 0.449. The number of rotatable bonds is 7. The molecule has 0 atom stereocenters. The SMILES string of the molecule is CCOc1ccc(/C=N/NS(=O)(=O)c2ccc(Cl)cc2)cc1[N+](=O)[O-]. The van der Waals surface area contributed by atoms with Crippen LogP contribution in [0.25, 0.3) is 0 Å². The molecule has 0 amide bonds. The molecule has 0 aliphatic rings. The van der Waals surface area contributed by atoms with E-state index >= 15 is 0 Å². The highest BCUT2D eigenvalue weighted by atomic mass is 35.5. The fourth-order valence-electron chi connectivity index (χ4n) is 1.87. The minimum Gasteiger partial charge on any atom is -0.487 e. The second kappa shape index (κ2) is 7.95. The van der Waals surface area contributed by atoms with Crippen molar-refractivity contribution in [2.45, 2.75) is 11.8 Å². The second-order valence-electron chi connectivity index (χ2n) is 4.72. The van der Waals surface area contributed by atoms with E-state index in [1.165, 1.54) is 42.5 Å². The number of sulfonamides is 1. The molecular weight excluding hydrogens is 370 g/mol. The van der Waals surface area contributed by atoms with Gasteiger partial charge in [0.1, 0.15) is 0 Å². The fourth-order valence-corrected chi connectivity index (χ4v) is 2.79. The molecule has 0 fully saturated rings. The lowest BCUT2D eigenvalue weighted by atomic mass is 10.2. The van der Waals surface area contributed by atoms with Crippen LogP contribution in [0, 0.1) is 10.1 Å². The summed E-state index contributed by atoms with van der Waals surface area (Å²) in [5.74, 6) is 0.131. The lowest BCUT2D eigenvalue weighted by Gasteiger charge is -2.05. The van der Waals surface area contributed by atoms with Gasteiger partial charge in [-0.2, -0.15) is 13.5 Å². The molecule has 2 aromatic carbocycles. The van der Waals surface area contributed by atoms with E-state index in [0.29, 0.717) is 10.6 Å². The third kappa shape index (κ3) is 4.91. The van der Waals surface area contributed by atoms with Crippen molar-refractivity contribution >= 4 is 33.5 Å². The molecule has 0 aromatic heterocycles. The standard InChI is InChI=1S/C15H14ClN3O5S/c1-2-24-15-8-3-11(9-14(15)19(20)21)10-17-18-25(22,23)13-6-4-12(16)5-7-13/h3-10,18H,2H2,1H3/b17-10+. The average Bonchev–Trinajstić information content (AvgIpc) is 2.56. The zero-order valence-corrected chi connectivity index (χ0v) is 14.6. The molecule has 25 heavy (non-hydrogen) atoms. The molecule has 10 heteroatoms. The third-order valence-corrected chi connectivity index (χ3v) is 4.48. The van der Waals surface area contributed by atoms with Crippen molar-refractivity contribution in [1.29, 1.82) is 0 Å². The van der Waals surface area contributed by atoms with Crippen molar-refractivity contribution < 1.29 is 18.1 Å². The van der Waals surface area contributed by atoms with Crippen LogP contribution in [0.2, 0.25) is 5.02 Å². The highest BCUT2D eigenvalue weighted by molar-refractivity contribution is 7.89. The molecule has 2 aromatic rings. The molecule has 0 aliphatic heterocycles. The van der Waals surface area contributed by atoms with E-state index in [1.807, 2.05) is 4.83 Å². The Morgan fingerprint density at radius 3 is 2.56 bits per heavy atom. The largest absolute Gasteiger partial charge is 0.487 e. The maximum absolute atomic E-state index is 12.1. The first-order chi connectivity index (χ1) is 11.8. The lowest BCUT2D eigenvalue weighted by Crippen LogP contribution is -2.18. The van der Waals surface area contributed by atoms with Gasteiger partial charge in [-0.15, -0.1) is 0 Å². The molecule has 0 bridgehead atoms. The number of nitrogens with zero attached hydrogens (tertiary/aromatic N) is 2. The van der Waals surface area contributed by atoms with Gasteiger partial charge in [0.15, 0.2) is 5.75 Å². The van der Waals surface area contributed by atoms with Crippen molar-refractivity contribution in [1.82, 2.24) is 4.83 Å². The first-order valence-corrected chi connectivity index (χ1v) is 8.91. The van der Waals surface area contributed by atoms with Crippen LogP contribution in [0.1, 0.15) is 12.5 Å². The molecule has 0 unspecified atom stereocenters. The molecule has 0 heterocycles. The molecule has 2 rings (SSSR count). The number of hydrazone groups is 1. The predicted octanol–water partition coefficient (Wildman–Crippen LogP) is 2.96. The van der Waals surface area contributed by atoms with Crippen LogP contribution in [-0.2, 0) is 10.0 Å². The fraction of sp³-hybridized carbons (Fsp3) is 0.133. The first-order valence-electron chi connectivity index (χ1n) is 7.05. The maximum atomic E-state index is 12.1. The zero-order valence-electron chi connectivity index (χ0n) is 13.0. The summed E-state index contributed by atoms with van der Waals surface area (Å²) in [6.45, 7) is 2.00. The molecule has 0 saturated heterocycles. The Hall–Kier alpha value is -2.65. The highest BCUT2D eigenvalue weighted by Gasteiger charge is 2.15. The van der Waals surface area contributed by atoms with Gasteiger partial charge in [0.05, 0.1) is 22.6 Å². The summed E-state index contributed by atoms with van der Waals surface area (Å²) in [5.41, 5.74) is 0.111. The summed E-state index contributed by atoms with van der Waals surface area (Å²) in [7, 11) is -3.86. The van der Waals surface area contributed by atoms with Crippen LogP contribution in [0.3, 0.4) is 0 Å². The predicted molar refractivity (Wildman–Crippen MR) is 93.6 cm³/mol. The van der Waals surface area contributed by atoms with Gasteiger partial charge in [0.25, 0.3) is 10.0 Å². The number of nitro groups is 1. The molecule has 1 N–H and O–H groups in total. The smallest absolute Gasteiger partial charge is 0.311 e. The molecule has 0 radical (unpaired) electrons. The van der Waals surface area contributed by atoms with E-state index in [0.717, 1.165) is 6.21 Å². The first kappa shape index (κ1) is 18.7. The van der Waals surface area contributed by atoms with Crippen molar-refractivity contribution in [2.24, 2.45) is 5.10 Å². The van der Waals surface area contributed by atoms with Crippen molar-refractivity contribution in [2.75, 3.05) is 6.61 Å². The van der Waals surface area contributed by atoms with Gasteiger partial charge in [-0.05, 0) is 43.3 Å². The molecule has 0 spiro atoms. The van der Waals surface area contributed by atoms with Gasteiger partial charge >= 0.3 is 5.69 Å². The van der Waals surface area contributed by atoms with Gasteiger partial charge in [-0.1, -0.05) is 11.6 Å². The minimum absolute atomic E-state index is 0.00766. The number of halogens is 1. The molecular formula is C15H14ClN3O5S. The summed E-state index contributed by atoms with van der Waals surface area (Å²) in [6, 6.07) is 9.75. The number of hydrogen-bond donors (Lipinski definition) is 1. The van der Waals surface area contributed by atoms with Crippen LogP contribution in [-0.4, -0.2) is 26.2 Å². The van der Waals surface area contributed by atoms with Crippen LogP contribution < -0.4 is 9.57 Å². The van der Waals surface area contributed by atoms with E-state index in [2.05, 4.69) is 5.10 Å². The topological polar surface area (TPSA) is 111 Å². The van der Waals surface area contributed by atoms with Gasteiger partial charge in [-0.25, -0.2) is 4.83 Å². The summed E-state index contributed by atoms with van der Waals surface area (Å²) in [4.78, 5) is 12.5. The Morgan fingerprint density at radius 2 is 1.96 bits per heavy atom. The third-order valence-electron chi connectivity index (χ3n) is 2.99. The van der Waals surface area contributed by atoms with Crippen molar-refractivity contribution in [3.8, 4) is 5.75 Å². The summed E-state index contributed by atoms with van der Waals surface area (Å²) >= 11 is 5.71. The van der Waals surface area contributed by atoms with Gasteiger partial charge in [-0.3, -0.25) is 10.1 Å². The number of benzene rings is 2. The molecule has 0 saturated carbocycles. The zero-order chi connectivity index (χ0) is 18.4. The van der Waals surface area contributed by atoms with E-state index in [9.17, 15) is 18.5 Å². The van der Waals surface area contributed by atoms with Crippen molar-refractivity contribution in [3.05, 3.63) is 63.2 Å². The highest BCUT2D eigenvalue weighted by Crippen LogP contribution is 2.27. The van der Waals surface area contributed by atoms with E-state index < -0.39 is 14.9 Å².